The van der Waals surface area contributed by atoms with E-state index in [-0.39, 0.29) is 18.1 Å². The second kappa shape index (κ2) is 7.71. The van der Waals surface area contributed by atoms with Crippen LogP contribution >= 0.6 is 31.9 Å². The molecule has 5 rings (SSSR count). The van der Waals surface area contributed by atoms with Crippen LogP contribution in [0.2, 0.25) is 0 Å². The summed E-state index contributed by atoms with van der Waals surface area (Å²) in [6.07, 6.45) is 0.329. The first kappa shape index (κ1) is 19.6. The summed E-state index contributed by atoms with van der Waals surface area (Å²) in [5, 5.41) is 6.91. The number of halogens is 3. The molecule has 2 aliphatic rings. The first-order valence-corrected chi connectivity index (χ1v) is 11.0. The van der Waals surface area contributed by atoms with Gasteiger partial charge in [0.1, 0.15) is 17.3 Å². The lowest BCUT2D eigenvalue weighted by atomic mass is 9.96. The van der Waals surface area contributed by atoms with Crippen molar-refractivity contribution >= 4 is 37.6 Å². The van der Waals surface area contributed by atoms with E-state index in [2.05, 4.69) is 37.9 Å². The van der Waals surface area contributed by atoms with Gasteiger partial charge in [0.25, 0.3) is 0 Å². The van der Waals surface area contributed by atoms with Crippen LogP contribution in [0.5, 0.6) is 11.5 Å². The zero-order valence-corrected chi connectivity index (χ0v) is 19.2. The van der Waals surface area contributed by atoms with E-state index < -0.39 is 0 Å². The molecule has 2 atom stereocenters. The van der Waals surface area contributed by atoms with Crippen LogP contribution < -0.4 is 9.47 Å². The lowest BCUT2D eigenvalue weighted by molar-refractivity contribution is -0.0191. The van der Waals surface area contributed by atoms with Crippen LogP contribution in [0, 0.1) is 5.82 Å². The molecule has 3 aromatic carbocycles. The van der Waals surface area contributed by atoms with Gasteiger partial charge in [-0.05, 0) is 70.0 Å². The maximum atomic E-state index is 13.4. The molecule has 2 heterocycles. The van der Waals surface area contributed by atoms with Crippen molar-refractivity contribution in [2.24, 2.45) is 5.10 Å². The highest BCUT2D eigenvalue weighted by Gasteiger charge is 2.41. The first-order valence-electron chi connectivity index (χ1n) is 9.45. The molecule has 30 heavy (non-hydrogen) atoms. The van der Waals surface area contributed by atoms with Crippen molar-refractivity contribution in [3.8, 4) is 11.5 Å². The SMILES string of the molecule is COc1ccc([C@@H]2Oc3ccc(Br)cc3[C@@H]3CC(c4ccc(F)cc4)=NN32)cc1Br. The van der Waals surface area contributed by atoms with E-state index in [0.29, 0.717) is 6.42 Å². The zero-order valence-electron chi connectivity index (χ0n) is 16.0. The number of hydrazone groups is 1. The van der Waals surface area contributed by atoms with Crippen LogP contribution in [0.3, 0.4) is 0 Å². The molecule has 2 aliphatic heterocycles. The molecule has 0 bridgehead atoms. The predicted molar refractivity (Wildman–Crippen MR) is 120 cm³/mol. The van der Waals surface area contributed by atoms with Crippen molar-refractivity contribution in [2.75, 3.05) is 7.11 Å². The molecule has 0 aromatic heterocycles. The van der Waals surface area contributed by atoms with E-state index in [0.717, 1.165) is 42.8 Å². The van der Waals surface area contributed by atoms with Gasteiger partial charge in [-0.3, -0.25) is 0 Å². The number of rotatable bonds is 3. The second-order valence-electron chi connectivity index (χ2n) is 7.20. The van der Waals surface area contributed by atoms with E-state index >= 15 is 0 Å². The normalized spacial score (nSPS) is 19.6. The Hall–Kier alpha value is -2.38. The van der Waals surface area contributed by atoms with E-state index in [1.807, 2.05) is 35.3 Å². The van der Waals surface area contributed by atoms with Crippen LogP contribution in [-0.4, -0.2) is 17.8 Å². The molecule has 0 N–H and O–H groups in total. The van der Waals surface area contributed by atoms with Gasteiger partial charge < -0.3 is 9.47 Å². The van der Waals surface area contributed by atoms with Crippen LogP contribution in [0.1, 0.15) is 35.4 Å². The van der Waals surface area contributed by atoms with Crippen molar-refractivity contribution < 1.29 is 13.9 Å². The molecule has 3 aromatic rings. The quantitative estimate of drug-likeness (QED) is 0.381. The molecule has 0 fully saturated rings. The molecular weight excluding hydrogens is 515 g/mol. The van der Waals surface area contributed by atoms with Gasteiger partial charge in [0.15, 0.2) is 0 Å². The molecule has 0 aliphatic carbocycles. The Morgan fingerprint density at radius 1 is 1.07 bits per heavy atom. The molecule has 4 nitrogen and oxygen atoms in total. The monoisotopic (exact) mass is 530 g/mol. The number of methoxy groups -OCH3 is 1. The third kappa shape index (κ3) is 3.40. The molecule has 0 unspecified atom stereocenters. The Bertz CT molecular complexity index is 1150. The van der Waals surface area contributed by atoms with E-state index in [1.165, 1.54) is 12.1 Å². The van der Waals surface area contributed by atoms with Crippen LogP contribution in [0.25, 0.3) is 0 Å². The van der Waals surface area contributed by atoms with Crippen LogP contribution in [0.4, 0.5) is 4.39 Å². The average Bonchev–Trinajstić information content (AvgIpc) is 3.19. The highest BCUT2D eigenvalue weighted by molar-refractivity contribution is 9.10. The minimum atomic E-state index is -0.385. The molecular formula is C23H17Br2FN2O2. The highest BCUT2D eigenvalue weighted by Crippen LogP contribution is 2.48. The Labute approximate surface area is 190 Å². The van der Waals surface area contributed by atoms with Crippen molar-refractivity contribution in [3.63, 3.8) is 0 Å². The van der Waals surface area contributed by atoms with Crippen molar-refractivity contribution in [3.05, 3.63) is 92.1 Å². The summed E-state index contributed by atoms with van der Waals surface area (Å²) in [6, 6.07) is 18.4. The number of nitrogens with zero attached hydrogens (tertiary/aromatic N) is 2. The van der Waals surface area contributed by atoms with Crippen LogP contribution in [0.15, 0.2) is 74.7 Å². The number of fused-ring (bicyclic) bond motifs is 3. The van der Waals surface area contributed by atoms with Crippen molar-refractivity contribution in [1.29, 1.82) is 0 Å². The van der Waals surface area contributed by atoms with Gasteiger partial charge in [-0.2, -0.15) is 5.10 Å². The lowest BCUT2D eigenvalue weighted by Crippen LogP contribution is -2.33. The van der Waals surface area contributed by atoms with Gasteiger partial charge in [-0.15, -0.1) is 0 Å². The third-order valence-electron chi connectivity index (χ3n) is 5.39. The maximum Gasteiger partial charge on any atom is 0.213 e. The molecule has 0 radical (unpaired) electrons. The lowest BCUT2D eigenvalue weighted by Gasteiger charge is -2.38. The molecule has 0 saturated heterocycles. The largest absolute Gasteiger partial charge is 0.496 e. The fraction of sp³-hybridized carbons (Fsp3) is 0.174. The summed E-state index contributed by atoms with van der Waals surface area (Å²) in [4.78, 5) is 0. The summed E-state index contributed by atoms with van der Waals surface area (Å²) in [5.41, 5.74) is 3.87. The number of benzene rings is 3. The van der Waals surface area contributed by atoms with E-state index in [1.54, 1.807) is 19.2 Å². The summed E-state index contributed by atoms with van der Waals surface area (Å²) in [6.45, 7) is 0. The Morgan fingerprint density at radius 3 is 2.60 bits per heavy atom. The molecule has 152 valence electrons. The summed E-state index contributed by atoms with van der Waals surface area (Å²) >= 11 is 7.13. The van der Waals surface area contributed by atoms with Gasteiger partial charge in [-0.1, -0.05) is 28.1 Å². The first-order chi connectivity index (χ1) is 14.5. The zero-order chi connectivity index (χ0) is 20.8. The van der Waals surface area contributed by atoms with E-state index in [9.17, 15) is 4.39 Å². The number of ether oxygens (including phenoxy) is 2. The third-order valence-corrected chi connectivity index (χ3v) is 6.50. The number of hydrogen-bond donors (Lipinski definition) is 0. The van der Waals surface area contributed by atoms with Gasteiger partial charge in [0, 0.05) is 22.0 Å². The minimum absolute atomic E-state index is 0.0252. The summed E-state index contributed by atoms with van der Waals surface area (Å²) in [5.74, 6) is 1.34. The average molecular weight is 532 g/mol. The summed E-state index contributed by atoms with van der Waals surface area (Å²) in [7, 11) is 1.64. The molecule has 0 spiro atoms. The van der Waals surface area contributed by atoms with Crippen molar-refractivity contribution in [1.82, 2.24) is 5.01 Å². The van der Waals surface area contributed by atoms with E-state index in [4.69, 9.17) is 14.6 Å². The Balaban J connectivity index is 1.59. The second-order valence-corrected chi connectivity index (χ2v) is 8.97. The predicted octanol–water partition coefficient (Wildman–Crippen LogP) is 6.60. The Morgan fingerprint density at radius 2 is 1.87 bits per heavy atom. The standard InChI is InChI=1S/C23H17Br2FN2O2/c1-29-22-8-4-14(10-18(22)25)23-28-20(17-11-15(24)5-9-21(17)30-23)12-19(27-28)13-2-6-16(26)7-3-13/h2-11,20,23H,12H2,1H3/t20-,23-/m0/s1. The maximum absolute atomic E-state index is 13.4. The summed E-state index contributed by atoms with van der Waals surface area (Å²) < 4.78 is 27.0. The molecule has 7 heteroatoms. The topological polar surface area (TPSA) is 34.1 Å². The Kier molecular flexibility index (Phi) is 5.03. The van der Waals surface area contributed by atoms with Gasteiger partial charge in [0.2, 0.25) is 6.23 Å². The smallest absolute Gasteiger partial charge is 0.213 e. The van der Waals surface area contributed by atoms with Crippen LogP contribution in [-0.2, 0) is 0 Å². The number of hydrogen-bond acceptors (Lipinski definition) is 4. The van der Waals surface area contributed by atoms with Gasteiger partial charge in [0.05, 0.1) is 23.3 Å². The van der Waals surface area contributed by atoms with Gasteiger partial charge in [-0.25, -0.2) is 9.40 Å². The van der Waals surface area contributed by atoms with Crippen molar-refractivity contribution in [2.45, 2.75) is 18.7 Å². The fourth-order valence-corrected chi connectivity index (χ4v) is 4.87. The minimum Gasteiger partial charge on any atom is -0.496 e. The molecule has 0 saturated carbocycles. The highest BCUT2D eigenvalue weighted by atomic mass is 79.9. The molecule has 0 amide bonds. The fourth-order valence-electron chi connectivity index (χ4n) is 3.93. The van der Waals surface area contributed by atoms with Gasteiger partial charge >= 0.3 is 0 Å².